The maximum absolute atomic E-state index is 13.3. The van der Waals surface area contributed by atoms with E-state index in [1.807, 2.05) is 30.5 Å². The number of ether oxygens (including phenoxy) is 1. The number of carbonyl (C=O) groups excluding carboxylic acids is 1. The van der Waals surface area contributed by atoms with Gasteiger partial charge in [0.05, 0.1) is 12.7 Å². The summed E-state index contributed by atoms with van der Waals surface area (Å²) in [6.07, 6.45) is 5.46. The van der Waals surface area contributed by atoms with E-state index in [1.54, 1.807) is 7.11 Å². The van der Waals surface area contributed by atoms with Gasteiger partial charge in [-0.25, -0.2) is 4.98 Å². The van der Waals surface area contributed by atoms with E-state index in [1.165, 1.54) is 24.9 Å². The third-order valence-corrected chi connectivity index (χ3v) is 7.53. The fourth-order valence-electron chi connectivity index (χ4n) is 6.00. The van der Waals surface area contributed by atoms with Gasteiger partial charge in [0.2, 0.25) is 0 Å². The van der Waals surface area contributed by atoms with Gasteiger partial charge in [-0.3, -0.25) is 4.79 Å². The molecule has 3 saturated heterocycles. The van der Waals surface area contributed by atoms with Gasteiger partial charge < -0.3 is 19.4 Å². The molecule has 30 heavy (non-hydrogen) atoms. The third-order valence-electron chi connectivity index (χ3n) is 7.53. The van der Waals surface area contributed by atoms with Crippen LogP contribution in [0, 0.1) is 11.3 Å². The Balaban J connectivity index is 1.12. The normalized spacial score (nSPS) is 26.0. The number of aromatic nitrogens is 1. The number of pyridine rings is 1. The van der Waals surface area contributed by atoms with Crippen molar-refractivity contribution in [2.24, 2.45) is 11.3 Å². The number of anilines is 2. The van der Waals surface area contributed by atoms with Crippen LogP contribution in [0.3, 0.4) is 0 Å². The zero-order chi connectivity index (χ0) is 20.3. The zero-order valence-electron chi connectivity index (χ0n) is 17.5. The molecule has 6 rings (SSSR count). The van der Waals surface area contributed by atoms with Crippen LogP contribution in [0.2, 0.25) is 0 Å². The summed E-state index contributed by atoms with van der Waals surface area (Å²) in [6.45, 7) is 4.99. The summed E-state index contributed by atoms with van der Waals surface area (Å²) in [5.74, 6) is 2.66. The summed E-state index contributed by atoms with van der Waals surface area (Å²) in [6, 6.07) is 12.6. The number of benzene rings is 1. The van der Waals surface area contributed by atoms with Crippen LogP contribution < -0.4 is 14.5 Å². The van der Waals surface area contributed by atoms with Crippen molar-refractivity contribution in [2.75, 3.05) is 49.6 Å². The van der Waals surface area contributed by atoms with Crippen molar-refractivity contribution in [1.29, 1.82) is 0 Å². The highest BCUT2D eigenvalue weighted by molar-refractivity contribution is 5.99. The van der Waals surface area contributed by atoms with Crippen LogP contribution in [0.4, 0.5) is 11.5 Å². The molecule has 4 aliphatic rings. The fraction of sp³-hybridized carbons (Fsp3) is 0.500. The van der Waals surface area contributed by atoms with Gasteiger partial charge in [-0.1, -0.05) is 0 Å². The van der Waals surface area contributed by atoms with E-state index in [2.05, 4.69) is 31.8 Å². The molecule has 0 unspecified atom stereocenters. The van der Waals surface area contributed by atoms with E-state index >= 15 is 0 Å². The van der Waals surface area contributed by atoms with Gasteiger partial charge in [0.25, 0.3) is 5.91 Å². The zero-order valence-corrected chi connectivity index (χ0v) is 17.5. The lowest BCUT2D eigenvalue weighted by atomic mass is 9.72. The quantitative estimate of drug-likeness (QED) is 0.784. The molecule has 1 amide bonds. The molecule has 4 heterocycles. The second-order valence-electron chi connectivity index (χ2n) is 9.58. The number of amides is 1. The Hall–Kier alpha value is -2.76. The number of hydrogen-bond acceptors (Lipinski definition) is 5. The third kappa shape index (κ3) is 2.76. The summed E-state index contributed by atoms with van der Waals surface area (Å²) in [7, 11) is 1.70. The Bertz CT molecular complexity index is 961. The van der Waals surface area contributed by atoms with Gasteiger partial charge in [-0.15, -0.1) is 0 Å². The number of carbonyl (C=O) groups is 1. The Morgan fingerprint density at radius 3 is 2.50 bits per heavy atom. The first-order valence-corrected chi connectivity index (χ1v) is 11.0. The molecular weight excluding hydrogens is 376 g/mol. The lowest BCUT2D eigenvalue weighted by Gasteiger charge is -2.61. The molecule has 2 aromatic rings. The topological polar surface area (TPSA) is 48.9 Å². The van der Waals surface area contributed by atoms with E-state index in [0.717, 1.165) is 49.9 Å². The van der Waals surface area contributed by atoms with Gasteiger partial charge in [0.15, 0.2) is 0 Å². The average Bonchev–Trinajstić information content (AvgIpc) is 3.36. The molecule has 0 radical (unpaired) electrons. The van der Waals surface area contributed by atoms with Crippen molar-refractivity contribution in [3.05, 3.63) is 48.2 Å². The van der Waals surface area contributed by atoms with Crippen molar-refractivity contribution < 1.29 is 9.53 Å². The summed E-state index contributed by atoms with van der Waals surface area (Å²) in [5, 5.41) is 0. The van der Waals surface area contributed by atoms with Gasteiger partial charge in [0, 0.05) is 56.1 Å². The highest BCUT2D eigenvalue weighted by atomic mass is 16.5. The van der Waals surface area contributed by atoms with Gasteiger partial charge in [-0.05, 0) is 61.6 Å². The molecule has 1 aromatic heterocycles. The van der Waals surface area contributed by atoms with Crippen LogP contribution >= 0.6 is 0 Å². The predicted octanol–water partition coefficient (Wildman–Crippen LogP) is 3.04. The molecule has 156 valence electrons. The van der Waals surface area contributed by atoms with Crippen molar-refractivity contribution in [3.8, 4) is 5.75 Å². The van der Waals surface area contributed by atoms with E-state index < -0.39 is 0 Å². The smallest absolute Gasteiger partial charge is 0.257 e. The maximum atomic E-state index is 13.3. The average molecular weight is 405 g/mol. The molecule has 4 fully saturated rings. The fourth-order valence-corrected chi connectivity index (χ4v) is 6.00. The molecule has 6 nitrogen and oxygen atoms in total. The van der Waals surface area contributed by atoms with Crippen LogP contribution in [-0.4, -0.2) is 61.7 Å². The number of hydrogen-bond donors (Lipinski definition) is 0. The monoisotopic (exact) mass is 404 g/mol. The lowest BCUT2D eigenvalue weighted by molar-refractivity contribution is 0.0702. The van der Waals surface area contributed by atoms with E-state index in [-0.39, 0.29) is 5.91 Å². The van der Waals surface area contributed by atoms with Crippen LogP contribution in [0.15, 0.2) is 42.6 Å². The summed E-state index contributed by atoms with van der Waals surface area (Å²) in [5.41, 5.74) is 2.36. The van der Waals surface area contributed by atoms with E-state index in [9.17, 15) is 4.79 Å². The second-order valence-corrected chi connectivity index (χ2v) is 9.58. The minimum atomic E-state index is 0.180. The maximum Gasteiger partial charge on any atom is 0.257 e. The summed E-state index contributed by atoms with van der Waals surface area (Å²) in [4.78, 5) is 24.7. The van der Waals surface area contributed by atoms with Gasteiger partial charge in [0.1, 0.15) is 11.6 Å². The molecule has 3 aliphatic heterocycles. The van der Waals surface area contributed by atoms with Crippen molar-refractivity contribution in [2.45, 2.75) is 25.3 Å². The molecule has 2 bridgehead atoms. The van der Waals surface area contributed by atoms with Crippen LogP contribution in [-0.2, 0) is 0 Å². The van der Waals surface area contributed by atoms with Gasteiger partial charge in [-0.2, -0.15) is 0 Å². The molecule has 0 N–H and O–H groups in total. The molecule has 6 heteroatoms. The Labute approximate surface area is 177 Å². The van der Waals surface area contributed by atoms with Gasteiger partial charge >= 0.3 is 0 Å². The predicted molar refractivity (Wildman–Crippen MR) is 116 cm³/mol. The Kier molecular flexibility index (Phi) is 3.98. The first kappa shape index (κ1) is 18.0. The molecular formula is C24H28N4O2. The molecule has 1 spiro atoms. The summed E-state index contributed by atoms with van der Waals surface area (Å²) >= 11 is 0. The number of piperidine rings is 1. The van der Waals surface area contributed by atoms with Crippen molar-refractivity contribution in [1.82, 2.24) is 9.88 Å². The molecule has 1 saturated carbocycles. The molecule has 1 aromatic carbocycles. The highest BCUT2D eigenvalue weighted by Gasteiger charge is 2.53. The van der Waals surface area contributed by atoms with Crippen molar-refractivity contribution >= 4 is 17.4 Å². The number of likely N-dealkylation sites (tertiary alicyclic amines) is 1. The Morgan fingerprint density at radius 1 is 1.07 bits per heavy atom. The largest absolute Gasteiger partial charge is 0.497 e. The number of nitrogens with zero attached hydrogens (tertiary/aromatic N) is 4. The summed E-state index contributed by atoms with van der Waals surface area (Å²) < 4.78 is 5.26. The number of methoxy groups -OCH3 is 1. The second kappa shape index (κ2) is 6.62. The minimum absolute atomic E-state index is 0.180. The number of fused-ring (bicyclic) bond motifs is 2. The van der Waals surface area contributed by atoms with Crippen LogP contribution in [0.5, 0.6) is 5.75 Å². The van der Waals surface area contributed by atoms with Crippen molar-refractivity contribution in [3.63, 3.8) is 0 Å². The Morgan fingerprint density at radius 2 is 1.83 bits per heavy atom. The number of rotatable bonds is 4. The van der Waals surface area contributed by atoms with Crippen LogP contribution in [0.25, 0.3) is 0 Å². The molecule has 2 atom stereocenters. The molecule has 1 aliphatic carbocycles. The van der Waals surface area contributed by atoms with Crippen LogP contribution in [0.1, 0.15) is 29.6 Å². The highest BCUT2D eigenvalue weighted by Crippen LogP contribution is 2.45. The SMILES string of the molecule is COc1ccc(N2CC3(C2)CN(c2ncccc2C(=O)N2C[C@H]4CC[C@@H]2C4)C3)cc1. The standard InChI is InChI=1S/C24H28N4O2/c1-30-20-8-6-18(7-9-20)26-13-24(14-26)15-27(16-24)22-21(3-2-10-25-22)23(29)28-12-17-4-5-19(28)11-17/h2-3,6-10,17,19H,4-5,11-16H2,1H3/t17-,19+/m0/s1. The van der Waals surface area contributed by atoms with E-state index in [4.69, 9.17) is 4.74 Å². The minimum Gasteiger partial charge on any atom is -0.497 e. The lowest BCUT2D eigenvalue weighted by Crippen LogP contribution is -2.72. The van der Waals surface area contributed by atoms with E-state index in [0.29, 0.717) is 17.4 Å². The first-order chi connectivity index (χ1) is 14.6. The first-order valence-electron chi connectivity index (χ1n) is 11.0.